The fraction of sp³-hybridized carbons (Fsp3) is 0.217. The second-order valence-electron chi connectivity index (χ2n) is 6.77. The molecule has 0 aromatic heterocycles. The predicted molar refractivity (Wildman–Crippen MR) is 119 cm³/mol. The van der Waals surface area contributed by atoms with Crippen LogP contribution in [-0.4, -0.2) is 53.2 Å². The van der Waals surface area contributed by atoms with Crippen LogP contribution in [0.25, 0.3) is 6.08 Å². The first-order chi connectivity index (χ1) is 14.9. The van der Waals surface area contributed by atoms with Gasteiger partial charge < -0.3 is 19.8 Å². The number of carbonyl (C=O) groups is 2. The third-order valence-corrected chi connectivity index (χ3v) is 5.33. The van der Waals surface area contributed by atoms with Gasteiger partial charge >= 0.3 is 0 Å². The molecule has 0 spiro atoms. The van der Waals surface area contributed by atoms with Gasteiger partial charge in [-0.25, -0.2) is 0 Å². The van der Waals surface area contributed by atoms with Crippen LogP contribution in [0.5, 0.6) is 0 Å². The summed E-state index contributed by atoms with van der Waals surface area (Å²) in [4.78, 5) is 27.2. The number of benzene rings is 2. The maximum absolute atomic E-state index is 13.0. The number of aliphatic hydroxyl groups excluding tert-OH is 2. The van der Waals surface area contributed by atoms with Gasteiger partial charge in [0.1, 0.15) is 0 Å². The van der Waals surface area contributed by atoms with Crippen LogP contribution >= 0.6 is 23.2 Å². The Kier molecular flexibility index (Phi) is 7.87. The smallest absolute Gasteiger partial charge is 0.290 e. The maximum atomic E-state index is 13.0. The Hall–Kier alpha value is -2.64. The lowest BCUT2D eigenvalue weighted by Crippen LogP contribution is -2.34. The molecule has 1 unspecified atom stereocenters. The Morgan fingerprint density at radius 3 is 2.55 bits per heavy atom. The van der Waals surface area contributed by atoms with E-state index in [2.05, 4.69) is 0 Å². The molecule has 2 N–H and O–H groups in total. The zero-order valence-corrected chi connectivity index (χ0v) is 18.0. The summed E-state index contributed by atoms with van der Waals surface area (Å²) < 4.78 is 5.27. The van der Waals surface area contributed by atoms with Crippen molar-refractivity contribution in [2.24, 2.45) is 0 Å². The number of hydrogen-bond acceptors (Lipinski definition) is 5. The number of ketones is 1. The van der Waals surface area contributed by atoms with Crippen molar-refractivity contribution in [2.45, 2.75) is 6.04 Å². The van der Waals surface area contributed by atoms with Crippen molar-refractivity contribution in [3.8, 4) is 0 Å². The van der Waals surface area contributed by atoms with Gasteiger partial charge in [-0.15, -0.1) is 0 Å². The quantitative estimate of drug-likeness (QED) is 0.435. The van der Waals surface area contributed by atoms with Gasteiger partial charge in [-0.1, -0.05) is 65.7 Å². The Morgan fingerprint density at radius 1 is 1.13 bits per heavy atom. The molecular formula is C23H21Cl2NO5. The lowest BCUT2D eigenvalue weighted by atomic mass is 9.95. The van der Waals surface area contributed by atoms with Gasteiger partial charge in [0.2, 0.25) is 0 Å². The summed E-state index contributed by atoms with van der Waals surface area (Å²) in [5.74, 6) is -1.83. The van der Waals surface area contributed by atoms with E-state index < -0.39 is 23.5 Å². The van der Waals surface area contributed by atoms with E-state index >= 15 is 0 Å². The third kappa shape index (κ3) is 5.35. The van der Waals surface area contributed by atoms with Crippen molar-refractivity contribution in [3.05, 3.63) is 87.1 Å². The molecule has 0 radical (unpaired) electrons. The second-order valence-corrected chi connectivity index (χ2v) is 7.62. The lowest BCUT2D eigenvalue weighted by molar-refractivity contribution is -0.130. The number of hydrogen-bond donors (Lipinski definition) is 2. The molecule has 2 aromatic carbocycles. The number of ether oxygens (including phenoxy) is 1. The first-order valence-corrected chi connectivity index (χ1v) is 10.3. The molecule has 2 aromatic rings. The van der Waals surface area contributed by atoms with Gasteiger partial charge in [-0.2, -0.15) is 0 Å². The van der Waals surface area contributed by atoms with Gasteiger partial charge in [0, 0.05) is 16.6 Å². The molecule has 1 atom stereocenters. The van der Waals surface area contributed by atoms with Crippen LogP contribution in [0.15, 0.2) is 65.9 Å². The van der Waals surface area contributed by atoms with Crippen LogP contribution in [0.2, 0.25) is 10.0 Å². The van der Waals surface area contributed by atoms with Crippen molar-refractivity contribution in [3.63, 3.8) is 0 Å². The van der Waals surface area contributed by atoms with Crippen molar-refractivity contribution < 1.29 is 24.5 Å². The molecule has 8 heteroatoms. The highest BCUT2D eigenvalue weighted by Gasteiger charge is 2.43. The highest BCUT2D eigenvalue weighted by atomic mass is 35.5. The van der Waals surface area contributed by atoms with Crippen molar-refractivity contribution >= 4 is 41.0 Å². The maximum Gasteiger partial charge on any atom is 0.290 e. The van der Waals surface area contributed by atoms with Gasteiger partial charge in [0.05, 0.1) is 31.4 Å². The molecule has 0 saturated heterocycles. The van der Waals surface area contributed by atoms with Crippen molar-refractivity contribution in [1.82, 2.24) is 4.90 Å². The normalized spacial score (nSPS) is 16.5. The van der Waals surface area contributed by atoms with E-state index in [-0.39, 0.29) is 37.0 Å². The Bertz CT molecular complexity index is 1020. The first-order valence-electron chi connectivity index (χ1n) is 9.59. The fourth-order valence-corrected chi connectivity index (χ4v) is 3.85. The van der Waals surface area contributed by atoms with Crippen LogP contribution in [0.4, 0.5) is 0 Å². The monoisotopic (exact) mass is 461 g/mol. The van der Waals surface area contributed by atoms with Gasteiger partial charge in [-0.05, 0) is 29.3 Å². The number of carbonyl (C=O) groups excluding carboxylic acids is 2. The lowest BCUT2D eigenvalue weighted by Gasteiger charge is -2.27. The van der Waals surface area contributed by atoms with Crippen LogP contribution in [0.1, 0.15) is 17.2 Å². The van der Waals surface area contributed by atoms with E-state index in [0.717, 1.165) is 5.56 Å². The first kappa shape index (κ1) is 23.0. The van der Waals surface area contributed by atoms with Crippen LogP contribution < -0.4 is 0 Å². The summed E-state index contributed by atoms with van der Waals surface area (Å²) in [6.07, 6.45) is 2.93. The van der Waals surface area contributed by atoms with E-state index in [4.69, 9.17) is 33.0 Å². The standard InChI is InChI=1S/C23H21Cl2NO5/c24-16-7-8-17(18(25)14-16)21-20(19(28)9-6-15-4-2-1-3-5-15)22(29)23(30)26(21)10-12-31-13-11-27/h1-9,14,21,27,29H,10-13H2. The molecule has 1 aliphatic heterocycles. The third-order valence-electron chi connectivity index (χ3n) is 4.77. The minimum absolute atomic E-state index is 0.0661. The molecule has 31 heavy (non-hydrogen) atoms. The average Bonchev–Trinajstić information content (AvgIpc) is 3.00. The highest BCUT2D eigenvalue weighted by molar-refractivity contribution is 6.35. The molecule has 3 rings (SSSR count). The van der Waals surface area contributed by atoms with Gasteiger partial charge in [0.25, 0.3) is 5.91 Å². The number of aliphatic hydroxyl groups is 2. The molecule has 1 aliphatic rings. The van der Waals surface area contributed by atoms with Crippen LogP contribution in [-0.2, 0) is 14.3 Å². The van der Waals surface area contributed by atoms with Gasteiger partial charge in [-0.3, -0.25) is 9.59 Å². The number of rotatable bonds is 9. The van der Waals surface area contributed by atoms with E-state index in [9.17, 15) is 14.7 Å². The predicted octanol–water partition coefficient (Wildman–Crippen LogP) is 3.98. The minimum Gasteiger partial charge on any atom is -0.503 e. The van der Waals surface area contributed by atoms with Crippen LogP contribution in [0, 0.1) is 0 Å². The van der Waals surface area contributed by atoms with E-state index in [1.165, 1.54) is 17.0 Å². The zero-order chi connectivity index (χ0) is 22.4. The van der Waals surface area contributed by atoms with Crippen molar-refractivity contribution in [2.75, 3.05) is 26.4 Å². The van der Waals surface area contributed by atoms with E-state index in [1.54, 1.807) is 18.2 Å². The Morgan fingerprint density at radius 2 is 1.87 bits per heavy atom. The molecule has 0 aliphatic carbocycles. The SMILES string of the molecule is O=C(C=Cc1ccccc1)C1=C(O)C(=O)N(CCOCCO)C1c1ccc(Cl)cc1Cl. The summed E-state index contributed by atoms with van der Waals surface area (Å²) in [5, 5.41) is 20.1. The van der Waals surface area contributed by atoms with E-state index in [1.807, 2.05) is 30.3 Å². The minimum atomic E-state index is -0.900. The molecule has 0 bridgehead atoms. The number of amides is 1. The van der Waals surface area contributed by atoms with E-state index in [0.29, 0.717) is 10.6 Å². The molecule has 6 nitrogen and oxygen atoms in total. The Labute approximate surface area is 190 Å². The topological polar surface area (TPSA) is 87.1 Å². The van der Waals surface area contributed by atoms with Crippen molar-refractivity contribution in [1.29, 1.82) is 0 Å². The average molecular weight is 462 g/mol. The largest absolute Gasteiger partial charge is 0.503 e. The van der Waals surface area contributed by atoms with Crippen LogP contribution in [0.3, 0.4) is 0 Å². The second kappa shape index (κ2) is 10.6. The molecule has 0 saturated carbocycles. The fourth-order valence-electron chi connectivity index (χ4n) is 3.34. The Balaban J connectivity index is 1.96. The summed E-state index contributed by atoms with van der Waals surface area (Å²) >= 11 is 12.4. The summed E-state index contributed by atoms with van der Waals surface area (Å²) in [7, 11) is 0. The summed E-state index contributed by atoms with van der Waals surface area (Å²) in [6, 6.07) is 13.0. The summed E-state index contributed by atoms with van der Waals surface area (Å²) in [5.41, 5.74) is 1.20. The summed E-state index contributed by atoms with van der Waals surface area (Å²) in [6.45, 7) is 0.158. The van der Waals surface area contributed by atoms with Gasteiger partial charge in [0.15, 0.2) is 11.5 Å². The molecule has 0 fully saturated rings. The number of nitrogens with zero attached hydrogens (tertiary/aromatic N) is 1. The molecule has 1 amide bonds. The number of allylic oxidation sites excluding steroid dienone is 1. The highest BCUT2D eigenvalue weighted by Crippen LogP contribution is 2.41. The number of halogens is 2. The zero-order valence-electron chi connectivity index (χ0n) is 16.5. The molecular weight excluding hydrogens is 441 g/mol. The molecule has 162 valence electrons. The molecule has 1 heterocycles.